The van der Waals surface area contributed by atoms with Crippen LogP contribution in [0.2, 0.25) is 0 Å². The minimum absolute atomic E-state index is 0.277. The molecule has 0 aromatic heterocycles. The first kappa shape index (κ1) is 17.3. The Kier molecular flexibility index (Phi) is 6.51. The topological polar surface area (TPSA) is 62.5 Å². The van der Waals surface area contributed by atoms with E-state index in [1.165, 1.54) is 0 Å². The van der Waals surface area contributed by atoms with Crippen molar-refractivity contribution in [3.8, 4) is 17.6 Å². The van der Waals surface area contributed by atoms with Crippen molar-refractivity contribution in [1.82, 2.24) is 0 Å². The highest BCUT2D eigenvalue weighted by Crippen LogP contribution is 2.30. The summed E-state index contributed by atoms with van der Waals surface area (Å²) in [5, 5.41) is 18.7. The second-order valence-corrected chi connectivity index (χ2v) is 5.88. The van der Waals surface area contributed by atoms with Crippen molar-refractivity contribution in [1.29, 1.82) is 5.26 Å². The molecule has 4 heteroatoms. The molecule has 0 heterocycles. The van der Waals surface area contributed by atoms with Crippen LogP contribution in [0.15, 0.2) is 18.2 Å². The van der Waals surface area contributed by atoms with Crippen LogP contribution >= 0.6 is 0 Å². The van der Waals surface area contributed by atoms with Gasteiger partial charge in [-0.3, -0.25) is 0 Å². The van der Waals surface area contributed by atoms with Gasteiger partial charge < -0.3 is 14.6 Å². The first-order valence-electron chi connectivity index (χ1n) is 7.29. The normalized spacial score (nSPS) is 12.6. The van der Waals surface area contributed by atoms with E-state index in [9.17, 15) is 5.11 Å². The van der Waals surface area contributed by atoms with Gasteiger partial charge in [0.05, 0.1) is 31.3 Å². The Morgan fingerprint density at radius 1 is 1.33 bits per heavy atom. The van der Waals surface area contributed by atoms with E-state index in [-0.39, 0.29) is 5.41 Å². The first-order valence-corrected chi connectivity index (χ1v) is 7.29. The second kappa shape index (κ2) is 7.90. The Hall–Kier alpha value is -1.73. The van der Waals surface area contributed by atoms with Crippen LogP contribution in [-0.2, 0) is 0 Å². The number of benzene rings is 1. The fraction of sp³-hybridized carbons (Fsp3) is 0.588. The predicted molar refractivity (Wildman–Crippen MR) is 82.4 cm³/mol. The molecule has 0 aliphatic carbocycles. The lowest BCUT2D eigenvalue weighted by atomic mass is 9.89. The van der Waals surface area contributed by atoms with Crippen molar-refractivity contribution in [2.75, 3.05) is 13.7 Å². The Morgan fingerprint density at radius 3 is 2.62 bits per heavy atom. The lowest BCUT2D eigenvalue weighted by molar-refractivity contribution is 0.190. The molecule has 21 heavy (non-hydrogen) atoms. The molecule has 4 nitrogen and oxygen atoms in total. The maximum Gasteiger partial charge on any atom is 0.128 e. The summed E-state index contributed by atoms with van der Waals surface area (Å²) in [6, 6.07) is 7.72. The van der Waals surface area contributed by atoms with Gasteiger partial charge in [-0.15, -0.1) is 0 Å². The predicted octanol–water partition coefficient (Wildman–Crippen LogP) is 3.85. The molecule has 0 spiro atoms. The van der Waals surface area contributed by atoms with Gasteiger partial charge in [0.1, 0.15) is 11.5 Å². The lowest BCUT2D eigenvalue weighted by Crippen LogP contribution is -2.09. The summed E-state index contributed by atoms with van der Waals surface area (Å²) in [7, 11) is 1.60. The van der Waals surface area contributed by atoms with Gasteiger partial charge in [-0.2, -0.15) is 5.26 Å². The number of methoxy groups -OCH3 is 1. The lowest BCUT2D eigenvalue weighted by Gasteiger charge is -2.16. The van der Waals surface area contributed by atoms with Gasteiger partial charge >= 0.3 is 0 Å². The van der Waals surface area contributed by atoms with Gasteiger partial charge in [0.2, 0.25) is 0 Å². The molecule has 1 atom stereocenters. The number of nitrogens with zero attached hydrogens (tertiary/aromatic N) is 1. The Morgan fingerprint density at radius 2 is 2.05 bits per heavy atom. The molecule has 0 radical (unpaired) electrons. The standard InChI is InChI=1S/C17H25NO3/c1-13(19)15-8-7-14(20-4)11-16(15)21-10-6-5-9-17(2,3)12-18/h7-8,11,13,19H,5-6,9-10H2,1-4H3/t13-/m1/s1. The third-order valence-corrected chi connectivity index (χ3v) is 3.43. The number of rotatable bonds is 8. The van der Waals surface area contributed by atoms with E-state index in [2.05, 4.69) is 6.07 Å². The minimum atomic E-state index is -0.580. The molecular weight excluding hydrogens is 266 g/mol. The van der Waals surface area contributed by atoms with Crippen LogP contribution in [0.5, 0.6) is 11.5 Å². The third kappa shape index (κ3) is 5.65. The zero-order chi connectivity index (χ0) is 15.9. The largest absolute Gasteiger partial charge is 0.497 e. The average molecular weight is 291 g/mol. The Bertz CT molecular complexity index is 489. The number of hydrogen-bond acceptors (Lipinski definition) is 4. The molecule has 0 saturated carbocycles. The van der Waals surface area contributed by atoms with Crippen LogP contribution in [-0.4, -0.2) is 18.8 Å². The summed E-state index contributed by atoms with van der Waals surface area (Å²) < 4.78 is 10.9. The summed E-state index contributed by atoms with van der Waals surface area (Å²) in [4.78, 5) is 0. The van der Waals surface area contributed by atoms with Crippen molar-refractivity contribution < 1.29 is 14.6 Å². The molecule has 0 bridgehead atoms. The number of unbranched alkanes of at least 4 members (excludes halogenated alkanes) is 1. The summed E-state index contributed by atoms with van der Waals surface area (Å²) in [6.07, 6.45) is 2.09. The van der Waals surface area contributed by atoms with Gasteiger partial charge in [-0.1, -0.05) is 0 Å². The first-order chi connectivity index (χ1) is 9.89. The van der Waals surface area contributed by atoms with Crippen LogP contribution in [0.1, 0.15) is 51.7 Å². The van der Waals surface area contributed by atoms with E-state index >= 15 is 0 Å². The van der Waals surface area contributed by atoms with Gasteiger partial charge in [0, 0.05) is 11.6 Å². The molecule has 0 unspecified atom stereocenters. The van der Waals surface area contributed by atoms with Gasteiger partial charge in [0.25, 0.3) is 0 Å². The van der Waals surface area contributed by atoms with E-state index in [1.807, 2.05) is 26.0 Å². The molecule has 1 N–H and O–H groups in total. The molecule has 0 aliphatic rings. The number of ether oxygens (including phenoxy) is 2. The summed E-state index contributed by atoms with van der Waals surface area (Å²) in [6.45, 7) is 6.17. The number of hydrogen-bond donors (Lipinski definition) is 1. The second-order valence-electron chi connectivity index (χ2n) is 5.88. The molecule has 116 valence electrons. The molecule has 0 fully saturated rings. The highest BCUT2D eigenvalue weighted by atomic mass is 16.5. The fourth-order valence-corrected chi connectivity index (χ4v) is 2.02. The van der Waals surface area contributed by atoms with Crippen LogP contribution in [0.3, 0.4) is 0 Å². The van der Waals surface area contributed by atoms with Gasteiger partial charge in [0.15, 0.2) is 0 Å². The molecule has 1 rings (SSSR count). The number of aliphatic hydroxyl groups excluding tert-OH is 1. The summed E-state index contributed by atoms with van der Waals surface area (Å²) in [5.41, 5.74) is 0.481. The third-order valence-electron chi connectivity index (χ3n) is 3.43. The number of nitriles is 1. The quantitative estimate of drug-likeness (QED) is 0.739. The van der Waals surface area contributed by atoms with E-state index in [4.69, 9.17) is 14.7 Å². The highest BCUT2D eigenvalue weighted by molar-refractivity contribution is 5.41. The molecule has 1 aromatic rings. The van der Waals surface area contributed by atoms with Crippen LogP contribution in [0.4, 0.5) is 0 Å². The fourth-order valence-electron chi connectivity index (χ4n) is 2.02. The zero-order valence-corrected chi connectivity index (χ0v) is 13.3. The van der Waals surface area contributed by atoms with E-state index in [0.29, 0.717) is 18.1 Å². The monoisotopic (exact) mass is 291 g/mol. The van der Waals surface area contributed by atoms with Crippen molar-refractivity contribution >= 4 is 0 Å². The summed E-state index contributed by atoms with van der Waals surface area (Å²) in [5.74, 6) is 1.36. The highest BCUT2D eigenvalue weighted by Gasteiger charge is 2.15. The maximum absolute atomic E-state index is 9.75. The zero-order valence-electron chi connectivity index (χ0n) is 13.3. The molecular formula is C17H25NO3. The number of aliphatic hydroxyl groups is 1. The van der Waals surface area contributed by atoms with Crippen LogP contribution in [0.25, 0.3) is 0 Å². The van der Waals surface area contributed by atoms with Crippen molar-refractivity contribution in [3.63, 3.8) is 0 Å². The molecule has 0 aliphatic heterocycles. The maximum atomic E-state index is 9.75. The average Bonchev–Trinajstić information content (AvgIpc) is 2.46. The van der Waals surface area contributed by atoms with E-state index in [1.54, 1.807) is 20.1 Å². The Balaban J connectivity index is 2.53. The van der Waals surface area contributed by atoms with Gasteiger partial charge in [-0.05, 0) is 52.2 Å². The SMILES string of the molecule is COc1ccc([C@@H](C)O)c(OCCCCC(C)(C)C#N)c1. The Labute approximate surface area is 127 Å². The van der Waals surface area contributed by atoms with Crippen LogP contribution < -0.4 is 9.47 Å². The minimum Gasteiger partial charge on any atom is -0.497 e. The molecule has 0 amide bonds. The van der Waals surface area contributed by atoms with Gasteiger partial charge in [-0.25, -0.2) is 0 Å². The van der Waals surface area contributed by atoms with Crippen molar-refractivity contribution in [2.24, 2.45) is 5.41 Å². The van der Waals surface area contributed by atoms with E-state index < -0.39 is 6.10 Å². The molecule has 0 saturated heterocycles. The van der Waals surface area contributed by atoms with Crippen LogP contribution in [0, 0.1) is 16.7 Å². The summed E-state index contributed by atoms with van der Waals surface area (Å²) >= 11 is 0. The van der Waals surface area contributed by atoms with Crippen molar-refractivity contribution in [2.45, 2.75) is 46.1 Å². The van der Waals surface area contributed by atoms with E-state index in [0.717, 1.165) is 24.8 Å². The van der Waals surface area contributed by atoms with Crippen molar-refractivity contribution in [3.05, 3.63) is 23.8 Å². The molecule has 1 aromatic carbocycles. The smallest absolute Gasteiger partial charge is 0.128 e.